The minimum Gasteiger partial charge on any atom is -0.368 e. The fourth-order valence-corrected chi connectivity index (χ4v) is 4.03. The van der Waals surface area contributed by atoms with E-state index in [1.165, 1.54) is 5.69 Å². The molecule has 5 heteroatoms. The van der Waals surface area contributed by atoms with Crippen LogP contribution in [0.3, 0.4) is 0 Å². The highest BCUT2D eigenvalue weighted by atomic mass is 79.9. The Bertz CT molecular complexity index is 536. The summed E-state index contributed by atoms with van der Waals surface area (Å²) in [5.41, 5.74) is 1.22. The van der Waals surface area contributed by atoms with Crippen LogP contribution in [0.25, 0.3) is 0 Å². The van der Waals surface area contributed by atoms with Crippen LogP contribution in [0.4, 0.5) is 5.69 Å². The zero-order valence-corrected chi connectivity index (χ0v) is 14.6. The Morgan fingerprint density at radius 2 is 2.18 bits per heavy atom. The number of amides is 1. The van der Waals surface area contributed by atoms with Gasteiger partial charge in [0.2, 0.25) is 5.91 Å². The molecule has 120 valence electrons. The average Bonchev–Trinajstić information content (AvgIpc) is 2.96. The van der Waals surface area contributed by atoms with Crippen molar-refractivity contribution >= 4 is 27.5 Å². The number of nitrogens with zero attached hydrogens (tertiary/aromatic N) is 1. The van der Waals surface area contributed by atoms with E-state index in [0.717, 1.165) is 43.4 Å². The van der Waals surface area contributed by atoms with Gasteiger partial charge in [-0.25, -0.2) is 0 Å². The van der Waals surface area contributed by atoms with Gasteiger partial charge >= 0.3 is 0 Å². The summed E-state index contributed by atoms with van der Waals surface area (Å²) in [7, 11) is 0. The highest BCUT2D eigenvalue weighted by molar-refractivity contribution is 9.10. The number of carbonyl (C=O) groups is 1. The molecular formula is C17H24BrN3O. The van der Waals surface area contributed by atoms with E-state index in [-0.39, 0.29) is 17.9 Å². The lowest BCUT2D eigenvalue weighted by Gasteiger charge is -2.28. The van der Waals surface area contributed by atoms with Crippen LogP contribution in [0, 0.1) is 5.92 Å². The molecule has 3 atom stereocenters. The Morgan fingerprint density at radius 1 is 1.36 bits per heavy atom. The van der Waals surface area contributed by atoms with Crippen molar-refractivity contribution in [2.24, 2.45) is 5.92 Å². The number of anilines is 1. The normalized spacial score (nSPS) is 28.6. The smallest absolute Gasteiger partial charge is 0.223 e. The zero-order valence-electron chi connectivity index (χ0n) is 13.0. The van der Waals surface area contributed by atoms with Crippen molar-refractivity contribution in [3.05, 3.63) is 28.7 Å². The molecule has 22 heavy (non-hydrogen) atoms. The summed E-state index contributed by atoms with van der Waals surface area (Å²) in [5, 5.41) is 6.67. The summed E-state index contributed by atoms with van der Waals surface area (Å²) < 4.78 is 1.12. The Labute approximate surface area is 140 Å². The molecule has 0 radical (unpaired) electrons. The van der Waals surface area contributed by atoms with Gasteiger partial charge in [-0.2, -0.15) is 0 Å². The standard InChI is InChI=1S/C17H24BrN3O/c1-12-10-13(6-8-19-12)17(22)20-14-7-9-21(11-14)16-5-3-2-4-15(16)18/h2-5,12-14,19H,6-11H2,1H3,(H,20,22)/t12-,13-,14?/m0/s1. The van der Waals surface area contributed by atoms with E-state index in [2.05, 4.69) is 56.6 Å². The zero-order chi connectivity index (χ0) is 15.5. The largest absolute Gasteiger partial charge is 0.368 e. The molecule has 1 amide bonds. The summed E-state index contributed by atoms with van der Waals surface area (Å²) in [4.78, 5) is 14.8. The predicted molar refractivity (Wildman–Crippen MR) is 93.1 cm³/mol. The van der Waals surface area contributed by atoms with Crippen LogP contribution in [0.1, 0.15) is 26.2 Å². The molecule has 2 aliphatic heterocycles. The highest BCUT2D eigenvalue weighted by Gasteiger charge is 2.29. The van der Waals surface area contributed by atoms with Crippen LogP contribution in [0.15, 0.2) is 28.7 Å². The van der Waals surface area contributed by atoms with Gasteiger partial charge in [0.1, 0.15) is 0 Å². The summed E-state index contributed by atoms with van der Waals surface area (Å²) in [6.45, 7) is 5.00. The maximum Gasteiger partial charge on any atom is 0.223 e. The monoisotopic (exact) mass is 365 g/mol. The molecule has 1 unspecified atom stereocenters. The van der Waals surface area contributed by atoms with Crippen LogP contribution in [-0.2, 0) is 4.79 Å². The Kier molecular flexibility index (Phi) is 5.03. The fraction of sp³-hybridized carbons (Fsp3) is 0.588. The van der Waals surface area contributed by atoms with Crippen LogP contribution < -0.4 is 15.5 Å². The van der Waals surface area contributed by atoms with Gasteiger partial charge in [-0.1, -0.05) is 12.1 Å². The molecule has 1 aromatic rings. The van der Waals surface area contributed by atoms with E-state index in [0.29, 0.717) is 6.04 Å². The van der Waals surface area contributed by atoms with Crippen molar-refractivity contribution in [1.29, 1.82) is 0 Å². The van der Waals surface area contributed by atoms with Crippen molar-refractivity contribution in [2.75, 3.05) is 24.5 Å². The van der Waals surface area contributed by atoms with Crippen molar-refractivity contribution in [1.82, 2.24) is 10.6 Å². The van der Waals surface area contributed by atoms with Gasteiger partial charge < -0.3 is 15.5 Å². The van der Waals surface area contributed by atoms with Gasteiger partial charge in [0.05, 0.1) is 5.69 Å². The van der Waals surface area contributed by atoms with Gasteiger partial charge in [0.15, 0.2) is 0 Å². The fourth-order valence-electron chi connectivity index (χ4n) is 3.49. The maximum absolute atomic E-state index is 12.4. The summed E-state index contributed by atoms with van der Waals surface area (Å²) in [5.74, 6) is 0.418. The van der Waals surface area contributed by atoms with Gasteiger partial charge in [0, 0.05) is 35.6 Å². The molecule has 0 spiro atoms. The van der Waals surface area contributed by atoms with Crippen LogP contribution >= 0.6 is 15.9 Å². The van der Waals surface area contributed by atoms with Gasteiger partial charge in [0.25, 0.3) is 0 Å². The molecule has 4 nitrogen and oxygen atoms in total. The third-order valence-corrected chi connectivity index (χ3v) is 5.39. The number of halogens is 1. The molecule has 0 aliphatic carbocycles. The van der Waals surface area contributed by atoms with E-state index in [4.69, 9.17) is 0 Å². The summed E-state index contributed by atoms with van der Waals surface area (Å²) in [6.07, 6.45) is 2.93. The second-order valence-corrected chi connectivity index (χ2v) is 7.32. The lowest BCUT2D eigenvalue weighted by atomic mass is 9.92. The molecule has 2 heterocycles. The minimum atomic E-state index is 0.175. The minimum absolute atomic E-state index is 0.175. The number of nitrogens with one attached hydrogen (secondary N) is 2. The predicted octanol–water partition coefficient (Wildman–Crippen LogP) is 2.53. The second-order valence-electron chi connectivity index (χ2n) is 6.47. The Morgan fingerprint density at radius 3 is 2.95 bits per heavy atom. The highest BCUT2D eigenvalue weighted by Crippen LogP contribution is 2.28. The third kappa shape index (κ3) is 3.63. The number of benzene rings is 1. The molecular weight excluding hydrogens is 342 g/mol. The van der Waals surface area contributed by atoms with E-state index < -0.39 is 0 Å². The number of hydrogen-bond donors (Lipinski definition) is 2. The number of carbonyl (C=O) groups excluding carboxylic acids is 1. The number of para-hydroxylation sites is 1. The molecule has 2 N–H and O–H groups in total. The van der Waals surface area contributed by atoms with E-state index in [9.17, 15) is 4.79 Å². The number of piperidine rings is 1. The van der Waals surface area contributed by atoms with Crippen molar-refractivity contribution in [3.63, 3.8) is 0 Å². The van der Waals surface area contributed by atoms with Gasteiger partial charge in [-0.15, -0.1) is 0 Å². The number of rotatable bonds is 3. The molecule has 2 aliphatic rings. The Hall–Kier alpha value is -1.07. The molecule has 1 aromatic carbocycles. The summed E-state index contributed by atoms with van der Waals surface area (Å²) in [6, 6.07) is 9.00. The van der Waals surface area contributed by atoms with Crippen molar-refractivity contribution in [3.8, 4) is 0 Å². The average molecular weight is 366 g/mol. The first kappa shape index (κ1) is 15.8. The Balaban J connectivity index is 1.55. The molecule has 0 aromatic heterocycles. The number of hydrogen-bond acceptors (Lipinski definition) is 3. The molecule has 2 fully saturated rings. The van der Waals surface area contributed by atoms with E-state index in [1.807, 2.05) is 6.07 Å². The van der Waals surface area contributed by atoms with Gasteiger partial charge in [-0.05, 0) is 60.8 Å². The quantitative estimate of drug-likeness (QED) is 0.864. The molecule has 0 saturated carbocycles. The first-order valence-electron chi connectivity index (χ1n) is 8.16. The first-order valence-corrected chi connectivity index (χ1v) is 8.96. The van der Waals surface area contributed by atoms with Crippen LogP contribution in [-0.4, -0.2) is 37.6 Å². The molecule has 2 saturated heterocycles. The van der Waals surface area contributed by atoms with Crippen molar-refractivity contribution < 1.29 is 4.79 Å². The van der Waals surface area contributed by atoms with E-state index in [1.54, 1.807) is 0 Å². The van der Waals surface area contributed by atoms with Crippen LogP contribution in [0.5, 0.6) is 0 Å². The van der Waals surface area contributed by atoms with Crippen molar-refractivity contribution in [2.45, 2.75) is 38.3 Å². The lowest BCUT2D eigenvalue weighted by Crippen LogP contribution is -2.46. The third-order valence-electron chi connectivity index (χ3n) is 4.72. The SMILES string of the molecule is C[C@H]1C[C@@H](C(=O)NC2CCN(c3ccccc3Br)C2)CCN1. The maximum atomic E-state index is 12.4. The van der Waals surface area contributed by atoms with Crippen LogP contribution in [0.2, 0.25) is 0 Å². The topological polar surface area (TPSA) is 44.4 Å². The second kappa shape index (κ2) is 7.01. The first-order chi connectivity index (χ1) is 10.6. The molecule has 0 bridgehead atoms. The van der Waals surface area contributed by atoms with E-state index >= 15 is 0 Å². The summed E-state index contributed by atoms with van der Waals surface area (Å²) >= 11 is 3.61. The molecule has 3 rings (SSSR count). The lowest BCUT2D eigenvalue weighted by molar-refractivity contribution is -0.126. The van der Waals surface area contributed by atoms with Gasteiger partial charge in [-0.3, -0.25) is 4.79 Å².